The summed E-state index contributed by atoms with van der Waals surface area (Å²) in [6, 6.07) is 8.11. The summed E-state index contributed by atoms with van der Waals surface area (Å²) < 4.78 is 5.72. The Morgan fingerprint density at radius 2 is 2.00 bits per heavy atom. The maximum Gasteiger partial charge on any atom is 0.230 e. The van der Waals surface area contributed by atoms with Gasteiger partial charge in [-0.2, -0.15) is 0 Å². The fourth-order valence-electron chi connectivity index (χ4n) is 2.89. The molecule has 2 atom stereocenters. The van der Waals surface area contributed by atoms with E-state index in [9.17, 15) is 4.79 Å². The predicted molar refractivity (Wildman–Crippen MR) is 98.4 cm³/mol. The first-order chi connectivity index (χ1) is 11.3. The average Bonchev–Trinajstić information content (AvgIpc) is 2.55. The van der Waals surface area contributed by atoms with Crippen molar-refractivity contribution in [3.8, 4) is 5.75 Å². The number of carbonyl (C=O) groups excluding carboxylic acids is 1. The summed E-state index contributed by atoms with van der Waals surface area (Å²) in [6.45, 7) is 13.0. The molecule has 1 fully saturated rings. The van der Waals surface area contributed by atoms with Crippen molar-refractivity contribution in [3.05, 3.63) is 29.8 Å². The van der Waals surface area contributed by atoms with Gasteiger partial charge in [-0.25, -0.2) is 0 Å². The number of carbonyl (C=O) groups is 1. The summed E-state index contributed by atoms with van der Waals surface area (Å²) in [5.74, 6) is 1.95. The zero-order chi connectivity index (χ0) is 17.7. The number of piperidine rings is 1. The Morgan fingerprint density at radius 1 is 1.33 bits per heavy atom. The van der Waals surface area contributed by atoms with E-state index in [1.54, 1.807) is 0 Å². The molecule has 0 spiro atoms. The van der Waals surface area contributed by atoms with Gasteiger partial charge in [0, 0.05) is 12.6 Å². The van der Waals surface area contributed by atoms with E-state index in [2.05, 4.69) is 31.4 Å². The molecule has 1 aromatic rings. The van der Waals surface area contributed by atoms with Crippen LogP contribution in [0.1, 0.15) is 46.6 Å². The monoisotopic (exact) mass is 332 g/mol. The van der Waals surface area contributed by atoms with Crippen LogP contribution in [0.15, 0.2) is 24.3 Å². The van der Waals surface area contributed by atoms with Gasteiger partial charge in [0.2, 0.25) is 5.91 Å². The normalized spacial score (nSPS) is 21.6. The fourth-order valence-corrected chi connectivity index (χ4v) is 2.89. The first-order valence-corrected chi connectivity index (χ1v) is 9.05. The smallest absolute Gasteiger partial charge is 0.230 e. The number of ether oxygens (including phenoxy) is 1. The molecule has 0 aliphatic carbocycles. The Kier molecular flexibility index (Phi) is 6.27. The summed E-state index contributed by atoms with van der Waals surface area (Å²) in [7, 11) is 0. The van der Waals surface area contributed by atoms with Crippen molar-refractivity contribution in [2.75, 3.05) is 19.7 Å². The molecule has 0 bridgehead atoms. The Morgan fingerprint density at radius 3 is 2.58 bits per heavy atom. The Balaban J connectivity index is 2.01. The highest BCUT2D eigenvalue weighted by atomic mass is 16.5. The quantitative estimate of drug-likeness (QED) is 0.841. The van der Waals surface area contributed by atoms with Crippen molar-refractivity contribution in [1.29, 1.82) is 0 Å². The molecule has 0 aromatic heterocycles. The predicted octanol–water partition coefficient (Wildman–Crippen LogP) is 3.11. The highest BCUT2D eigenvalue weighted by Gasteiger charge is 2.33. The first-order valence-electron chi connectivity index (χ1n) is 9.05. The van der Waals surface area contributed by atoms with Gasteiger partial charge in [-0.15, -0.1) is 0 Å². The topological polar surface area (TPSA) is 50.4 Å². The van der Waals surface area contributed by atoms with E-state index in [1.807, 2.05) is 38.1 Å². The molecule has 1 aromatic carbocycles. The lowest BCUT2D eigenvalue weighted by Gasteiger charge is -2.33. The van der Waals surface area contributed by atoms with E-state index in [-0.39, 0.29) is 11.9 Å². The molecule has 4 heteroatoms. The van der Waals surface area contributed by atoms with E-state index >= 15 is 0 Å². The number of rotatable bonds is 6. The minimum Gasteiger partial charge on any atom is -0.493 e. The first kappa shape index (κ1) is 18.8. The number of hydrogen-bond donors (Lipinski definition) is 2. The SMILES string of the molecule is CC(C)COc1ccc(C(C)(C)C(=O)NC2CNCCC2C)cc1. The zero-order valence-electron chi connectivity index (χ0n) is 15.7. The van der Waals surface area contributed by atoms with Crippen LogP contribution in [-0.4, -0.2) is 31.6 Å². The number of benzene rings is 1. The molecule has 2 N–H and O–H groups in total. The molecule has 2 unspecified atom stereocenters. The van der Waals surface area contributed by atoms with Crippen LogP contribution in [0.5, 0.6) is 5.75 Å². The van der Waals surface area contributed by atoms with E-state index in [0.717, 1.165) is 30.8 Å². The molecule has 0 radical (unpaired) electrons. The molecule has 1 aliphatic heterocycles. The van der Waals surface area contributed by atoms with Gasteiger partial charge in [0.1, 0.15) is 5.75 Å². The van der Waals surface area contributed by atoms with Crippen LogP contribution in [0.4, 0.5) is 0 Å². The highest BCUT2D eigenvalue weighted by Crippen LogP contribution is 2.26. The Hall–Kier alpha value is -1.55. The van der Waals surface area contributed by atoms with Crippen molar-refractivity contribution in [3.63, 3.8) is 0 Å². The second-order valence-corrected chi connectivity index (χ2v) is 7.90. The number of nitrogens with one attached hydrogen (secondary N) is 2. The number of hydrogen-bond acceptors (Lipinski definition) is 3. The Labute approximate surface area is 146 Å². The molecule has 1 saturated heterocycles. The maximum atomic E-state index is 12.8. The van der Waals surface area contributed by atoms with Crippen LogP contribution in [0, 0.1) is 11.8 Å². The summed E-state index contributed by atoms with van der Waals surface area (Å²) in [5, 5.41) is 6.59. The van der Waals surface area contributed by atoms with Gasteiger partial charge in [0.15, 0.2) is 0 Å². The van der Waals surface area contributed by atoms with E-state index in [0.29, 0.717) is 18.4 Å². The average molecular weight is 332 g/mol. The van der Waals surface area contributed by atoms with Gasteiger partial charge in [-0.05, 0) is 56.3 Å². The molecule has 1 heterocycles. The third-order valence-electron chi connectivity index (χ3n) is 4.87. The van der Waals surface area contributed by atoms with Crippen LogP contribution in [0.2, 0.25) is 0 Å². The van der Waals surface area contributed by atoms with Gasteiger partial charge < -0.3 is 15.4 Å². The van der Waals surface area contributed by atoms with Crippen LogP contribution in [0.3, 0.4) is 0 Å². The summed E-state index contributed by atoms with van der Waals surface area (Å²) in [6.07, 6.45) is 1.10. The molecule has 24 heavy (non-hydrogen) atoms. The largest absolute Gasteiger partial charge is 0.493 e. The standard InChI is InChI=1S/C20H32N2O2/c1-14(2)13-24-17-8-6-16(7-9-17)20(4,5)19(23)22-18-12-21-11-10-15(18)3/h6-9,14-15,18,21H,10-13H2,1-5H3,(H,22,23). The van der Waals surface area contributed by atoms with E-state index in [1.165, 1.54) is 0 Å². The van der Waals surface area contributed by atoms with Crippen molar-refractivity contribution < 1.29 is 9.53 Å². The second kappa shape index (κ2) is 8.02. The molecule has 1 aliphatic rings. The van der Waals surface area contributed by atoms with Gasteiger partial charge in [0.25, 0.3) is 0 Å². The van der Waals surface area contributed by atoms with Gasteiger partial charge >= 0.3 is 0 Å². The van der Waals surface area contributed by atoms with E-state index < -0.39 is 5.41 Å². The van der Waals surface area contributed by atoms with Crippen LogP contribution in [-0.2, 0) is 10.2 Å². The molecule has 0 saturated carbocycles. The van der Waals surface area contributed by atoms with Gasteiger partial charge in [0.05, 0.1) is 12.0 Å². The lowest BCUT2D eigenvalue weighted by molar-refractivity contribution is -0.126. The third-order valence-corrected chi connectivity index (χ3v) is 4.87. The second-order valence-electron chi connectivity index (χ2n) is 7.90. The van der Waals surface area contributed by atoms with Crippen molar-refractivity contribution in [2.45, 2.75) is 52.5 Å². The minimum absolute atomic E-state index is 0.0823. The summed E-state index contributed by atoms with van der Waals surface area (Å²) >= 11 is 0. The third kappa shape index (κ3) is 4.73. The van der Waals surface area contributed by atoms with Crippen LogP contribution in [0.25, 0.3) is 0 Å². The minimum atomic E-state index is -0.562. The number of amides is 1. The van der Waals surface area contributed by atoms with Crippen molar-refractivity contribution in [1.82, 2.24) is 10.6 Å². The summed E-state index contributed by atoms with van der Waals surface area (Å²) in [4.78, 5) is 12.8. The molecular formula is C20H32N2O2. The fraction of sp³-hybridized carbons (Fsp3) is 0.650. The van der Waals surface area contributed by atoms with Crippen LogP contribution < -0.4 is 15.4 Å². The zero-order valence-corrected chi connectivity index (χ0v) is 15.7. The lowest BCUT2D eigenvalue weighted by atomic mass is 9.82. The van der Waals surface area contributed by atoms with Crippen molar-refractivity contribution in [2.24, 2.45) is 11.8 Å². The van der Waals surface area contributed by atoms with Crippen LogP contribution >= 0.6 is 0 Å². The van der Waals surface area contributed by atoms with E-state index in [4.69, 9.17) is 4.74 Å². The Bertz CT molecular complexity index is 537. The highest BCUT2D eigenvalue weighted by molar-refractivity contribution is 5.87. The molecule has 4 nitrogen and oxygen atoms in total. The van der Waals surface area contributed by atoms with Gasteiger partial charge in [-0.3, -0.25) is 4.79 Å². The molecular weight excluding hydrogens is 300 g/mol. The van der Waals surface area contributed by atoms with Gasteiger partial charge in [-0.1, -0.05) is 32.9 Å². The summed E-state index contributed by atoms with van der Waals surface area (Å²) in [5.41, 5.74) is 0.446. The molecule has 2 rings (SSSR count). The van der Waals surface area contributed by atoms with Crippen molar-refractivity contribution >= 4 is 5.91 Å². The maximum absolute atomic E-state index is 12.8. The molecule has 1 amide bonds. The molecule has 134 valence electrons. The lowest BCUT2D eigenvalue weighted by Crippen LogP contribution is -2.54.